The monoisotopic (exact) mass is 376 g/mol. The van der Waals surface area contributed by atoms with E-state index in [0.29, 0.717) is 26.4 Å². The van der Waals surface area contributed by atoms with Gasteiger partial charge in [-0.2, -0.15) is 0 Å². The highest BCUT2D eigenvalue weighted by atomic mass is 16.5. The van der Waals surface area contributed by atoms with E-state index < -0.39 is 0 Å². The average Bonchev–Trinajstić information content (AvgIpc) is 2.66. The number of benzene rings is 1. The largest absolute Gasteiger partial charge is 0.501 e. The topological polar surface area (TPSA) is 36.9 Å². The summed E-state index contributed by atoms with van der Waals surface area (Å²) >= 11 is 0. The number of unbranched alkanes of at least 4 members (excludes halogenated alkanes) is 1. The van der Waals surface area contributed by atoms with Gasteiger partial charge in [0.1, 0.15) is 6.61 Å². The van der Waals surface area contributed by atoms with Crippen LogP contribution >= 0.6 is 0 Å². The second kappa shape index (κ2) is 14.3. The van der Waals surface area contributed by atoms with E-state index in [1.165, 1.54) is 0 Å². The molecule has 1 rings (SSSR count). The summed E-state index contributed by atoms with van der Waals surface area (Å²) in [6, 6.07) is 8.40. The Labute approximate surface area is 165 Å². The Hall–Kier alpha value is -1.78. The summed E-state index contributed by atoms with van der Waals surface area (Å²) in [5.74, 6) is 0. The van der Waals surface area contributed by atoms with Gasteiger partial charge in [-0.3, -0.25) is 0 Å². The molecule has 1 aromatic rings. The minimum absolute atomic E-state index is 0.243. The molecule has 152 valence electrons. The Kier molecular flexibility index (Phi) is 12.3. The molecule has 0 fully saturated rings. The Morgan fingerprint density at radius 2 is 1.48 bits per heavy atom. The summed E-state index contributed by atoms with van der Waals surface area (Å²) in [4.78, 5) is 0. The van der Waals surface area contributed by atoms with Gasteiger partial charge in [-0.1, -0.05) is 31.5 Å². The van der Waals surface area contributed by atoms with E-state index in [-0.39, 0.29) is 6.10 Å². The normalized spacial score (nSPS) is 12.5. The van der Waals surface area contributed by atoms with E-state index in [1.54, 1.807) is 6.26 Å². The molecule has 4 nitrogen and oxygen atoms in total. The molecule has 0 unspecified atom stereocenters. The van der Waals surface area contributed by atoms with Gasteiger partial charge < -0.3 is 18.9 Å². The fourth-order valence-corrected chi connectivity index (χ4v) is 2.29. The highest BCUT2D eigenvalue weighted by Gasteiger charge is 2.01. The zero-order chi connectivity index (χ0) is 19.9. The predicted molar refractivity (Wildman–Crippen MR) is 112 cm³/mol. The Bertz CT molecular complexity index is 575. The van der Waals surface area contributed by atoms with Crippen molar-refractivity contribution < 1.29 is 18.9 Å². The van der Waals surface area contributed by atoms with Crippen molar-refractivity contribution >= 4 is 11.1 Å². The van der Waals surface area contributed by atoms with Crippen LogP contribution in [0.3, 0.4) is 0 Å². The summed E-state index contributed by atoms with van der Waals surface area (Å²) in [6.07, 6.45) is 6.11. The van der Waals surface area contributed by atoms with Crippen molar-refractivity contribution in [1.82, 2.24) is 0 Å². The summed E-state index contributed by atoms with van der Waals surface area (Å²) in [6.45, 7) is 13.4. The third-order valence-electron chi connectivity index (χ3n) is 3.93. The number of hydrogen-bond donors (Lipinski definition) is 0. The second-order valence-electron chi connectivity index (χ2n) is 6.81. The average molecular weight is 377 g/mol. The van der Waals surface area contributed by atoms with Gasteiger partial charge >= 0.3 is 0 Å². The molecule has 0 aromatic heterocycles. The minimum Gasteiger partial charge on any atom is -0.501 e. The van der Waals surface area contributed by atoms with Crippen LogP contribution in [0.15, 0.2) is 36.8 Å². The highest BCUT2D eigenvalue weighted by Crippen LogP contribution is 2.20. The molecule has 0 radical (unpaired) electrons. The summed E-state index contributed by atoms with van der Waals surface area (Å²) in [5, 5.41) is 0. The molecule has 27 heavy (non-hydrogen) atoms. The number of allylic oxidation sites excluding steroid dienone is 2. The Morgan fingerprint density at radius 3 is 2.07 bits per heavy atom. The number of ether oxygens (including phenoxy) is 4. The van der Waals surface area contributed by atoms with Crippen LogP contribution in [0.5, 0.6) is 0 Å². The van der Waals surface area contributed by atoms with Crippen LogP contribution in [0.4, 0.5) is 0 Å². The molecule has 0 aliphatic rings. The first-order valence-corrected chi connectivity index (χ1v) is 9.91. The van der Waals surface area contributed by atoms with Gasteiger partial charge in [-0.25, -0.2) is 0 Å². The van der Waals surface area contributed by atoms with E-state index in [1.807, 2.05) is 27.0 Å². The summed E-state index contributed by atoms with van der Waals surface area (Å²) < 4.78 is 22.1. The summed E-state index contributed by atoms with van der Waals surface area (Å²) in [7, 11) is 0. The van der Waals surface area contributed by atoms with Gasteiger partial charge in [0.25, 0.3) is 0 Å². The van der Waals surface area contributed by atoms with Crippen LogP contribution in [0.1, 0.15) is 58.6 Å². The summed E-state index contributed by atoms with van der Waals surface area (Å²) in [5.41, 5.74) is 4.50. The molecule has 0 heterocycles. The third kappa shape index (κ3) is 10.8. The Morgan fingerprint density at radius 1 is 0.889 bits per heavy atom. The maximum Gasteiger partial charge on any atom is 0.111 e. The minimum atomic E-state index is 0.243. The third-order valence-corrected chi connectivity index (χ3v) is 3.93. The highest BCUT2D eigenvalue weighted by molar-refractivity contribution is 5.70. The smallest absolute Gasteiger partial charge is 0.111 e. The first-order valence-electron chi connectivity index (χ1n) is 9.91. The maximum absolute atomic E-state index is 5.60. The van der Waals surface area contributed by atoms with Crippen molar-refractivity contribution in [3.8, 4) is 0 Å². The van der Waals surface area contributed by atoms with Crippen molar-refractivity contribution in [3.05, 3.63) is 47.9 Å². The quantitative estimate of drug-likeness (QED) is 0.309. The lowest BCUT2D eigenvalue weighted by Gasteiger charge is -2.09. The lowest BCUT2D eigenvalue weighted by Crippen LogP contribution is -2.11. The molecule has 0 atom stereocenters. The SMILES string of the molecule is CCCCOC=C(C)c1cccc(C(C)=COCCOCCOC(C)C)c1. The van der Waals surface area contributed by atoms with Crippen molar-refractivity contribution in [2.75, 3.05) is 33.0 Å². The van der Waals surface area contributed by atoms with Gasteiger partial charge in [0.15, 0.2) is 0 Å². The van der Waals surface area contributed by atoms with Gasteiger partial charge in [0.2, 0.25) is 0 Å². The second-order valence-corrected chi connectivity index (χ2v) is 6.81. The fourth-order valence-electron chi connectivity index (χ4n) is 2.29. The molecule has 0 aliphatic carbocycles. The lowest BCUT2D eigenvalue weighted by atomic mass is 10.0. The van der Waals surface area contributed by atoms with Gasteiger partial charge in [-0.05, 0) is 62.5 Å². The van der Waals surface area contributed by atoms with E-state index in [9.17, 15) is 0 Å². The van der Waals surface area contributed by atoms with Crippen LogP contribution in [0, 0.1) is 0 Å². The van der Waals surface area contributed by atoms with Crippen LogP contribution in [-0.2, 0) is 18.9 Å². The van der Waals surface area contributed by atoms with Gasteiger partial charge in [0.05, 0.1) is 45.1 Å². The molecule has 0 saturated carbocycles. The van der Waals surface area contributed by atoms with E-state index in [4.69, 9.17) is 18.9 Å². The Balaban J connectivity index is 2.41. The first kappa shape index (κ1) is 23.3. The zero-order valence-corrected chi connectivity index (χ0v) is 17.6. The van der Waals surface area contributed by atoms with Crippen molar-refractivity contribution in [1.29, 1.82) is 0 Å². The molecular weight excluding hydrogens is 340 g/mol. The number of rotatable bonds is 14. The molecular formula is C23H36O4. The van der Waals surface area contributed by atoms with E-state index in [0.717, 1.165) is 41.7 Å². The van der Waals surface area contributed by atoms with Crippen molar-refractivity contribution in [2.24, 2.45) is 0 Å². The van der Waals surface area contributed by atoms with E-state index in [2.05, 4.69) is 38.1 Å². The van der Waals surface area contributed by atoms with Crippen LogP contribution in [-0.4, -0.2) is 39.1 Å². The predicted octanol–water partition coefficient (Wildman–Crippen LogP) is 5.68. The van der Waals surface area contributed by atoms with Crippen LogP contribution in [0.25, 0.3) is 11.1 Å². The molecule has 1 aromatic carbocycles. The van der Waals surface area contributed by atoms with Crippen LogP contribution < -0.4 is 0 Å². The standard InChI is InChI=1S/C23H36O4/c1-6-7-11-25-17-20(4)22-9-8-10-23(16-22)21(5)18-26-13-12-24-14-15-27-19(2)3/h8-10,16-19H,6-7,11-15H2,1-5H3. The zero-order valence-electron chi connectivity index (χ0n) is 17.6. The molecule has 0 aliphatic heterocycles. The first-order chi connectivity index (χ1) is 13.0. The number of hydrogen-bond acceptors (Lipinski definition) is 4. The molecule has 4 heteroatoms. The van der Waals surface area contributed by atoms with Crippen molar-refractivity contribution in [3.63, 3.8) is 0 Å². The molecule has 0 spiro atoms. The maximum atomic E-state index is 5.60. The van der Waals surface area contributed by atoms with Crippen molar-refractivity contribution in [2.45, 2.75) is 53.6 Å². The van der Waals surface area contributed by atoms with E-state index >= 15 is 0 Å². The lowest BCUT2D eigenvalue weighted by molar-refractivity contribution is 0.00884. The molecule has 0 bridgehead atoms. The molecule has 0 saturated heterocycles. The fraction of sp³-hybridized carbons (Fsp3) is 0.565. The van der Waals surface area contributed by atoms with Gasteiger partial charge in [-0.15, -0.1) is 0 Å². The molecule has 0 amide bonds. The van der Waals surface area contributed by atoms with Crippen LogP contribution in [0.2, 0.25) is 0 Å². The molecule has 0 N–H and O–H groups in total. The van der Waals surface area contributed by atoms with Gasteiger partial charge in [0, 0.05) is 0 Å².